The summed E-state index contributed by atoms with van der Waals surface area (Å²) in [4.78, 5) is 22.7. The number of hydrogen-bond donors (Lipinski definition) is 0. The molecule has 0 radical (unpaired) electrons. The Labute approximate surface area is 173 Å². The van der Waals surface area contributed by atoms with Gasteiger partial charge in [0.2, 0.25) is 11.8 Å². The first-order chi connectivity index (χ1) is 14.7. The highest BCUT2D eigenvalue weighted by Crippen LogP contribution is 2.34. The molecule has 7 nitrogen and oxygen atoms in total. The van der Waals surface area contributed by atoms with Gasteiger partial charge in [-0.1, -0.05) is 12.1 Å². The lowest BCUT2D eigenvalue weighted by Gasteiger charge is -2.16. The molecule has 5 rings (SSSR count). The van der Waals surface area contributed by atoms with Crippen molar-refractivity contribution >= 4 is 22.5 Å². The number of carbonyl (C=O) groups is 1. The molecule has 1 fully saturated rings. The van der Waals surface area contributed by atoms with E-state index in [9.17, 15) is 4.79 Å². The van der Waals surface area contributed by atoms with Gasteiger partial charge in [-0.3, -0.25) is 14.5 Å². The number of carbonyl (C=O) groups excluding carboxylic acids is 1. The Morgan fingerprint density at radius 1 is 1.00 bits per heavy atom. The van der Waals surface area contributed by atoms with Crippen LogP contribution in [0.1, 0.15) is 12.8 Å². The Morgan fingerprint density at radius 2 is 1.80 bits per heavy atom. The fraction of sp³-hybridized carbons (Fsp3) is 0.217. The lowest BCUT2D eigenvalue weighted by molar-refractivity contribution is -0.117. The zero-order valence-corrected chi connectivity index (χ0v) is 16.9. The van der Waals surface area contributed by atoms with Gasteiger partial charge in [0.25, 0.3) is 0 Å². The van der Waals surface area contributed by atoms with Crippen molar-refractivity contribution in [2.24, 2.45) is 7.05 Å². The van der Waals surface area contributed by atoms with E-state index in [2.05, 4.69) is 21.1 Å². The van der Waals surface area contributed by atoms with Crippen LogP contribution in [0.15, 0.2) is 55.1 Å². The largest absolute Gasteiger partial charge is 0.479 e. The summed E-state index contributed by atoms with van der Waals surface area (Å²) >= 11 is 0. The number of rotatable bonds is 4. The number of pyridine rings is 2. The van der Waals surface area contributed by atoms with Gasteiger partial charge in [-0.2, -0.15) is 5.10 Å². The van der Waals surface area contributed by atoms with Gasteiger partial charge in [-0.15, -0.1) is 0 Å². The van der Waals surface area contributed by atoms with Gasteiger partial charge in [0.1, 0.15) is 5.52 Å². The predicted octanol–water partition coefficient (Wildman–Crippen LogP) is 3.83. The minimum atomic E-state index is 0.193. The lowest BCUT2D eigenvalue weighted by Crippen LogP contribution is -2.23. The average molecular weight is 399 g/mol. The third kappa shape index (κ3) is 2.99. The summed E-state index contributed by atoms with van der Waals surface area (Å²) in [5.74, 6) is 0.740. The molecule has 0 bridgehead atoms. The van der Waals surface area contributed by atoms with Crippen molar-refractivity contribution in [3.05, 3.63) is 55.1 Å². The van der Waals surface area contributed by atoms with E-state index in [0.29, 0.717) is 12.3 Å². The van der Waals surface area contributed by atoms with Gasteiger partial charge >= 0.3 is 0 Å². The molecule has 0 spiro atoms. The number of nitrogens with zero attached hydrogens (tertiary/aromatic N) is 5. The van der Waals surface area contributed by atoms with Crippen molar-refractivity contribution in [2.45, 2.75) is 12.8 Å². The Kier molecular flexibility index (Phi) is 4.43. The van der Waals surface area contributed by atoms with Gasteiger partial charge in [-0.25, -0.2) is 4.98 Å². The minimum Gasteiger partial charge on any atom is -0.479 e. The van der Waals surface area contributed by atoms with Crippen molar-refractivity contribution in [3.8, 4) is 28.1 Å². The molecular weight excluding hydrogens is 378 g/mol. The molecule has 0 unspecified atom stereocenters. The second-order valence-electron chi connectivity index (χ2n) is 7.37. The number of benzene rings is 1. The molecule has 1 saturated heterocycles. The number of aryl methyl sites for hydroxylation is 1. The third-order valence-electron chi connectivity index (χ3n) is 5.57. The van der Waals surface area contributed by atoms with Gasteiger partial charge < -0.3 is 9.64 Å². The fourth-order valence-electron chi connectivity index (χ4n) is 4.02. The second-order valence-corrected chi connectivity index (χ2v) is 7.37. The molecule has 1 aliphatic heterocycles. The molecule has 3 aromatic heterocycles. The molecule has 7 heteroatoms. The van der Waals surface area contributed by atoms with E-state index < -0.39 is 0 Å². The molecule has 0 N–H and O–H groups in total. The van der Waals surface area contributed by atoms with Crippen LogP contribution in [-0.2, 0) is 11.8 Å². The lowest BCUT2D eigenvalue weighted by atomic mass is 10.0. The maximum atomic E-state index is 12.0. The van der Waals surface area contributed by atoms with E-state index in [1.54, 1.807) is 18.0 Å². The van der Waals surface area contributed by atoms with Crippen LogP contribution >= 0.6 is 0 Å². The molecule has 1 aliphatic rings. The maximum Gasteiger partial charge on any atom is 0.239 e. The van der Waals surface area contributed by atoms with Crippen LogP contribution in [-0.4, -0.2) is 39.3 Å². The molecule has 1 aromatic carbocycles. The molecule has 0 saturated carbocycles. The van der Waals surface area contributed by atoms with Crippen LogP contribution in [0.25, 0.3) is 33.2 Å². The van der Waals surface area contributed by atoms with E-state index in [1.807, 2.05) is 54.8 Å². The Balaban J connectivity index is 1.52. The van der Waals surface area contributed by atoms with E-state index in [1.165, 1.54) is 0 Å². The molecule has 30 heavy (non-hydrogen) atoms. The Bertz CT molecular complexity index is 1250. The van der Waals surface area contributed by atoms with E-state index in [4.69, 9.17) is 4.74 Å². The molecule has 4 heterocycles. The molecule has 0 aliphatic carbocycles. The SMILES string of the molecule is COc1ncc(-c2cncc(-c3ccc(N4CCCC4=O)cc3)c2)c2cnn(C)c12. The van der Waals surface area contributed by atoms with Crippen molar-refractivity contribution in [3.63, 3.8) is 0 Å². The summed E-state index contributed by atoms with van der Waals surface area (Å²) in [7, 11) is 3.48. The number of amides is 1. The Morgan fingerprint density at radius 3 is 2.53 bits per heavy atom. The first kappa shape index (κ1) is 18.3. The summed E-state index contributed by atoms with van der Waals surface area (Å²) in [6.07, 6.45) is 8.85. The molecular formula is C23H21N5O2. The number of aromatic nitrogens is 4. The topological polar surface area (TPSA) is 73.1 Å². The predicted molar refractivity (Wildman–Crippen MR) is 115 cm³/mol. The maximum absolute atomic E-state index is 12.0. The summed E-state index contributed by atoms with van der Waals surface area (Å²) in [6, 6.07) is 10.2. The highest BCUT2D eigenvalue weighted by molar-refractivity contribution is 5.97. The zero-order valence-electron chi connectivity index (χ0n) is 16.9. The van der Waals surface area contributed by atoms with Crippen LogP contribution in [0.3, 0.4) is 0 Å². The first-order valence-corrected chi connectivity index (χ1v) is 9.86. The third-order valence-corrected chi connectivity index (χ3v) is 5.57. The molecule has 4 aromatic rings. The Hall–Kier alpha value is -3.74. The number of fused-ring (bicyclic) bond motifs is 1. The second kappa shape index (κ2) is 7.26. The van der Waals surface area contributed by atoms with Gasteiger partial charge in [0, 0.05) is 66.4 Å². The van der Waals surface area contributed by atoms with E-state index in [0.717, 1.165) is 51.8 Å². The van der Waals surface area contributed by atoms with Gasteiger partial charge in [0.15, 0.2) is 0 Å². The monoisotopic (exact) mass is 399 g/mol. The molecule has 1 amide bonds. The van der Waals surface area contributed by atoms with Crippen LogP contribution in [0.4, 0.5) is 5.69 Å². The summed E-state index contributed by atoms with van der Waals surface area (Å²) in [5.41, 5.74) is 5.75. The highest BCUT2D eigenvalue weighted by atomic mass is 16.5. The quantitative estimate of drug-likeness (QED) is 0.521. The normalized spacial score (nSPS) is 13.9. The van der Waals surface area contributed by atoms with E-state index >= 15 is 0 Å². The van der Waals surface area contributed by atoms with Crippen molar-refractivity contribution in [1.82, 2.24) is 19.7 Å². The van der Waals surface area contributed by atoms with Crippen molar-refractivity contribution in [2.75, 3.05) is 18.6 Å². The van der Waals surface area contributed by atoms with Crippen LogP contribution in [0.5, 0.6) is 5.88 Å². The molecule has 150 valence electrons. The van der Waals surface area contributed by atoms with Crippen LogP contribution in [0, 0.1) is 0 Å². The van der Waals surface area contributed by atoms with Crippen LogP contribution in [0.2, 0.25) is 0 Å². The van der Waals surface area contributed by atoms with Gasteiger partial charge in [-0.05, 0) is 30.2 Å². The standard InChI is InChI=1S/C23H21N5O2/c1-27-22-20(14-26-27)19(13-25-23(22)30-2)17-10-16(11-24-12-17)15-5-7-18(8-6-15)28-9-3-4-21(28)29/h5-8,10-14H,3-4,9H2,1-2H3. The zero-order chi connectivity index (χ0) is 20.7. The summed E-state index contributed by atoms with van der Waals surface area (Å²) in [6.45, 7) is 0.792. The fourth-order valence-corrected chi connectivity index (χ4v) is 4.02. The highest BCUT2D eigenvalue weighted by Gasteiger charge is 2.21. The number of ether oxygens (including phenoxy) is 1. The molecule has 0 atom stereocenters. The number of methoxy groups -OCH3 is 1. The average Bonchev–Trinajstić information content (AvgIpc) is 3.39. The van der Waals surface area contributed by atoms with E-state index in [-0.39, 0.29) is 5.91 Å². The number of hydrogen-bond acceptors (Lipinski definition) is 5. The number of anilines is 1. The van der Waals surface area contributed by atoms with Crippen molar-refractivity contribution in [1.29, 1.82) is 0 Å². The summed E-state index contributed by atoms with van der Waals surface area (Å²) in [5, 5.41) is 5.33. The first-order valence-electron chi connectivity index (χ1n) is 9.86. The van der Waals surface area contributed by atoms with Gasteiger partial charge in [0.05, 0.1) is 13.3 Å². The minimum absolute atomic E-state index is 0.193. The smallest absolute Gasteiger partial charge is 0.239 e. The summed E-state index contributed by atoms with van der Waals surface area (Å²) < 4.78 is 7.16. The van der Waals surface area contributed by atoms with Crippen LogP contribution < -0.4 is 9.64 Å². The van der Waals surface area contributed by atoms with Crippen molar-refractivity contribution < 1.29 is 9.53 Å².